The molecule has 0 bridgehead atoms. The number of pyridine rings is 1. The van der Waals surface area contributed by atoms with Crippen molar-refractivity contribution in [3.63, 3.8) is 0 Å². The van der Waals surface area contributed by atoms with Crippen molar-refractivity contribution in [1.29, 1.82) is 0 Å². The van der Waals surface area contributed by atoms with Crippen molar-refractivity contribution < 1.29 is 22.8 Å². The molecule has 12 nitrogen and oxygen atoms in total. The number of hydrogen-bond acceptors (Lipinski definition) is 8. The van der Waals surface area contributed by atoms with Gasteiger partial charge in [0.2, 0.25) is 0 Å². The molecule has 0 aliphatic carbocycles. The van der Waals surface area contributed by atoms with Crippen LogP contribution in [-0.4, -0.2) is 51.0 Å². The molecule has 16 heteroatoms. The molecule has 3 N–H and O–H groups in total. The fourth-order valence-corrected chi connectivity index (χ4v) is 6.10. The van der Waals surface area contributed by atoms with E-state index in [1.807, 2.05) is 25.5 Å². The molecule has 0 aliphatic rings. The Morgan fingerprint density at radius 1 is 1.07 bits per heavy atom. The number of rotatable bonds is 7. The fourth-order valence-electron chi connectivity index (χ4n) is 5.10. The molecular formula is C28H25F3N10O2S. The van der Waals surface area contributed by atoms with Crippen LogP contribution in [0.4, 0.5) is 18.9 Å². The molecule has 6 heterocycles. The predicted molar refractivity (Wildman–Crippen MR) is 157 cm³/mol. The molecule has 0 atom stereocenters. The smallest absolute Gasteiger partial charge is 0.365 e. The number of alkyl halides is 3. The van der Waals surface area contributed by atoms with Crippen LogP contribution in [0.2, 0.25) is 0 Å². The summed E-state index contributed by atoms with van der Waals surface area (Å²) in [5.74, 6) is -1.66. The molecule has 6 rings (SSSR count). The molecule has 0 aromatic carbocycles. The first-order valence-corrected chi connectivity index (χ1v) is 14.3. The highest BCUT2D eigenvalue weighted by Gasteiger charge is 2.35. The van der Waals surface area contributed by atoms with Crippen LogP contribution in [-0.2, 0) is 19.3 Å². The molecule has 226 valence electrons. The summed E-state index contributed by atoms with van der Waals surface area (Å²) in [7, 11) is 0. The number of amides is 2. The molecule has 6 aromatic heterocycles. The van der Waals surface area contributed by atoms with E-state index in [-0.39, 0.29) is 32.0 Å². The molecule has 44 heavy (non-hydrogen) atoms. The van der Waals surface area contributed by atoms with Crippen LogP contribution in [0.5, 0.6) is 0 Å². The van der Waals surface area contributed by atoms with Gasteiger partial charge >= 0.3 is 6.18 Å². The lowest BCUT2D eigenvalue weighted by molar-refractivity contribution is -0.140. The summed E-state index contributed by atoms with van der Waals surface area (Å²) in [6, 6.07) is 4.10. The Bertz CT molecular complexity index is 2100. The Hall–Kier alpha value is -5.12. The highest BCUT2D eigenvalue weighted by Crippen LogP contribution is 2.44. The Morgan fingerprint density at radius 3 is 2.48 bits per heavy atom. The molecule has 0 spiro atoms. The van der Waals surface area contributed by atoms with Crippen molar-refractivity contribution in [2.24, 2.45) is 5.73 Å². The van der Waals surface area contributed by atoms with E-state index in [1.54, 1.807) is 36.3 Å². The van der Waals surface area contributed by atoms with Gasteiger partial charge in [-0.15, -0.1) is 11.3 Å². The van der Waals surface area contributed by atoms with Crippen LogP contribution in [0, 0.1) is 13.8 Å². The third-order valence-electron chi connectivity index (χ3n) is 7.24. The van der Waals surface area contributed by atoms with E-state index in [4.69, 9.17) is 5.73 Å². The van der Waals surface area contributed by atoms with Gasteiger partial charge in [-0.1, -0.05) is 0 Å². The summed E-state index contributed by atoms with van der Waals surface area (Å²) < 4.78 is 46.7. The van der Waals surface area contributed by atoms with E-state index in [0.29, 0.717) is 47.0 Å². The molecule has 6 aromatic rings. The predicted octanol–water partition coefficient (Wildman–Crippen LogP) is 5.09. The maximum atomic E-state index is 13.9. The molecule has 0 saturated heterocycles. The number of thiophene rings is 1. The average molecular weight is 623 g/mol. The van der Waals surface area contributed by atoms with Gasteiger partial charge in [-0.05, 0) is 45.4 Å². The van der Waals surface area contributed by atoms with E-state index in [0.717, 1.165) is 17.3 Å². The van der Waals surface area contributed by atoms with Crippen molar-refractivity contribution in [1.82, 2.24) is 39.1 Å². The van der Waals surface area contributed by atoms with Crippen molar-refractivity contribution in [2.45, 2.75) is 47.0 Å². The number of halogens is 3. The van der Waals surface area contributed by atoms with Crippen molar-refractivity contribution >= 4 is 44.7 Å². The van der Waals surface area contributed by atoms with Crippen LogP contribution >= 0.6 is 11.3 Å². The highest BCUT2D eigenvalue weighted by molar-refractivity contribution is 7.21. The lowest BCUT2D eigenvalue weighted by atomic mass is 10.0. The van der Waals surface area contributed by atoms with Gasteiger partial charge in [0.15, 0.2) is 11.3 Å². The summed E-state index contributed by atoms with van der Waals surface area (Å²) in [6.07, 6.45) is 0.127. The van der Waals surface area contributed by atoms with Gasteiger partial charge in [-0.3, -0.25) is 19.0 Å². The van der Waals surface area contributed by atoms with Crippen LogP contribution in [0.1, 0.15) is 51.1 Å². The number of primary amides is 1. The molecule has 2 amide bonds. The number of carbonyl (C=O) groups is 2. The topological polar surface area (TPSA) is 151 Å². The fraction of sp³-hybridized carbons (Fsp3) is 0.250. The Labute approximate surface area is 251 Å². The van der Waals surface area contributed by atoms with Crippen LogP contribution in [0.15, 0.2) is 36.8 Å². The number of fused-ring (bicyclic) bond motifs is 2. The summed E-state index contributed by atoms with van der Waals surface area (Å²) in [4.78, 5) is 34.0. The summed E-state index contributed by atoms with van der Waals surface area (Å²) in [6.45, 7) is 8.54. The van der Waals surface area contributed by atoms with Crippen LogP contribution in [0.3, 0.4) is 0 Å². The normalized spacial score (nSPS) is 12.0. The molecule has 0 unspecified atom stereocenters. The Balaban J connectivity index is 1.50. The van der Waals surface area contributed by atoms with Gasteiger partial charge in [0.25, 0.3) is 11.8 Å². The Morgan fingerprint density at radius 2 is 1.84 bits per heavy atom. The minimum atomic E-state index is -4.77. The lowest BCUT2D eigenvalue weighted by Crippen LogP contribution is -2.17. The van der Waals surface area contributed by atoms with Gasteiger partial charge in [-0.2, -0.15) is 28.5 Å². The van der Waals surface area contributed by atoms with Gasteiger partial charge < -0.3 is 11.1 Å². The van der Waals surface area contributed by atoms with Gasteiger partial charge in [0.1, 0.15) is 15.4 Å². The SMILES string of the molecule is CCn1cc(-c2cc(C(F)(F)F)nc3sc(C(N)=O)c(NC(=O)c4cc5nccc(-c6cnn(CC)c6C)n5n4)c23)c(C)n1. The first-order valence-electron chi connectivity index (χ1n) is 13.5. The second-order valence-electron chi connectivity index (χ2n) is 9.93. The summed E-state index contributed by atoms with van der Waals surface area (Å²) in [5.41, 5.74) is 8.06. The standard InChI is InChI=1S/C28H25F3N10O2S/c1-5-39-12-17(13(3)37-39)15-9-20(28(29,30)31)35-27-22(15)23(24(44-27)25(32)42)36-26(43)18-10-21-33-8-7-19(41(21)38-18)16-11-34-40(6-2)14(16)4/h7-12H,5-6H2,1-4H3,(H2,32,42)(H,36,43). The number of aryl methyl sites for hydroxylation is 3. The summed E-state index contributed by atoms with van der Waals surface area (Å²) >= 11 is 0.663. The number of anilines is 1. The molecule has 0 fully saturated rings. The second-order valence-corrected chi connectivity index (χ2v) is 10.9. The number of carbonyl (C=O) groups excluding carboxylic acids is 2. The van der Waals surface area contributed by atoms with Gasteiger partial charge in [0, 0.05) is 53.8 Å². The van der Waals surface area contributed by atoms with E-state index in [1.165, 1.54) is 10.6 Å². The third kappa shape index (κ3) is 4.76. The first-order chi connectivity index (χ1) is 20.9. The molecule has 0 aliphatic heterocycles. The number of nitrogens with two attached hydrogens (primary N) is 1. The average Bonchev–Trinajstić information content (AvgIpc) is 3.75. The third-order valence-corrected chi connectivity index (χ3v) is 8.34. The maximum Gasteiger partial charge on any atom is 0.433 e. The highest BCUT2D eigenvalue weighted by atomic mass is 32.1. The van der Waals surface area contributed by atoms with E-state index >= 15 is 0 Å². The van der Waals surface area contributed by atoms with Crippen molar-refractivity contribution in [3.05, 3.63) is 64.4 Å². The number of nitrogens with zero attached hydrogens (tertiary/aromatic N) is 8. The van der Waals surface area contributed by atoms with E-state index in [9.17, 15) is 22.8 Å². The number of aromatic nitrogens is 8. The quantitative estimate of drug-likeness (QED) is 0.252. The maximum absolute atomic E-state index is 13.9. The minimum absolute atomic E-state index is 0.0448. The molecule has 0 saturated carbocycles. The second kappa shape index (κ2) is 10.6. The van der Waals surface area contributed by atoms with Crippen LogP contribution < -0.4 is 11.1 Å². The zero-order chi connectivity index (χ0) is 31.5. The van der Waals surface area contributed by atoms with Gasteiger partial charge in [0.05, 0.1) is 23.3 Å². The van der Waals surface area contributed by atoms with Crippen LogP contribution in [0.25, 0.3) is 38.2 Å². The zero-order valence-corrected chi connectivity index (χ0v) is 24.7. The first kappa shape index (κ1) is 29.0. The molecule has 0 radical (unpaired) electrons. The van der Waals surface area contributed by atoms with E-state index < -0.39 is 23.7 Å². The zero-order valence-electron chi connectivity index (χ0n) is 23.9. The van der Waals surface area contributed by atoms with Gasteiger partial charge in [-0.25, -0.2) is 14.5 Å². The lowest BCUT2D eigenvalue weighted by Gasteiger charge is -2.11. The molecular weight excluding hydrogens is 597 g/mol. The number of hydrogen-bond donors (Lipinski definition) is 2. The Kier molecular flexibility index (Phi) is 6.95. The monoisotopic (exact) mass is 622 g/mol. The van der Waals surface area contributed by atoms with E-state index in [2.05, 4.69) is 30.6 Å². The number of nitrogens with one attached hydrogen (secondary N) is 1. The van der Waals surface area contributed by atoms with Crippen molar-refractivity contribution in [2.75, 3.05) is 5.32 Å². The largest absolute Gasteiger partial charge is 0.433 e. The van der Waals surface area contributed by atoms with Crippen molar-refractivity contribution in [3.8, 4) is 22.4 Å². The summed E-state index contributed by atoms with van der Waals surface area (Å²) in [5, 5.41) is 16.0. The minimum Gasteiger partial charge on any atom is -0.365 e.